The lowest BCUT2D eigenvalue weighted by Gasteiger charge is -1.95. The van der Waals surface area contributed by atoms with Gasteiger partial charge in [0.05, 0.1) is 10.2 Å². The van der Waals surface area contributed by atoms with Crippen molar-refractivity contribution < 1.29 is 0 Å². The fraction of sp³-hybridized carbons (Fsp3) is 0.222. The van der Waals surface area contributed by atoms with E-state index in [0.717, 1.165) is 27.6 Å². The number of rotatable bonds is 3. The van der Waals surface area contributed by atoms with Gasteiger partial charge in [-0.05, 0) is 18.2 Å². The monoisotopic (exact) mass is 208 g/mol. The fourth-order valence-electron chi connectivity index (χ4n) is 1.20. The number of nitrogens with zero attached hydrogens (tertiary/aromatic N) is 1. The molecule has 5 heteroatoms. The largest absolute Gasteiger partial charge is 0.399 e. The molecule has 74 valence electrons. The van der Waals surface area contributed by atoms with Gasteiger partial charge in [-0.1, -0.05) is 11.3 Å². The quantitative estimate of drug-likeness (QED) is 0.663. The number of nitrogens with two attached hydrogens (primary N) is 2. The lowest BCUT2D eigenvalue weighted by Crippen LogP contribution is -2.12. The Morgan fingerprint density at radius 2 is 2.29 bits per heavy atom. The van der Waals surface area contributed by atoms with Gasteiger partial charge in [-0.3, -0.25) is 0 Å². The molecule has 1 aromatic carbocycles. The van der Waals surface area contributed by atoms with Crippen LogP contribution in [0.4, 0.5) is 10.8 Å². The summed E-state index contributed by atoms with van der Waals surface area (Å²) in [6.45, 7) is 1.35. The van der Waals surface area contributed by atoms with Gasteiger partial charge >= 0.3 is 0 Å². The van der Waals surface area contributed by atoms with Crippen LogP contribution in [0.25, 0.3) is 10.2 Å². The zero-order chi connectivity index (χ0) is 9.97. The van der Waals surface area contributed by atoms with Crippen LogP contribution in [0.2, 0.25) is 0 Å². The predicted octanol–water partition coefficient (Wildman–Crippen LogP) is 1.25. The second kappa shape index (κ2) is 3.81. The van der Waals surface area contributed by atoms with Gasteiger partial charge in [0.1, 0.15) is 0 Å². The van der Waals surface area contributed by atoms with Crippen molar-refractivity contribution in [3.05, 3.63) is 18.2 Å². The third kappa shape index (κ3) is 1.78. The number of thiazole rings is 1. The summed E-state index contributed by atoms with van der Waals surface area (Å²) in [6, 6.07) is 5.71. The van der Waals surface area contributed by atoms with Crippen molar-refractivity contribution in [2.45, 2.75) is 0 Å². The van der Waals surface area contributed by atoms with Gasteiger partial charge in [0.15, 0.2) is 5.13 Å². The van der Waals surface area contributed by atoms with E-state index in [2.05, 4.69) is 10.3 Å². The molecule has 1 aromatic heterocycles. The Bertz CT molecular complexity index is 437. The summed E-state index contributed by atoms with van der Waals surface area (Å²) in [5.74, 6) is 0. The smallest absolute Gasteiger partial charge is 0.183 e. The maximum atomic E-state index is 5.67. The van der Waals surface area contributed by atoms with E-state index < -0.39 is 0 Å². The molecule has 0 aliphatic rings. The van der Waals surface area contributed by atoms with Crippen LogP contribution < -0.4 is 16.8 Å². The number of nitrogens with one attached hydrogen (secondary N) is 1. The zero-order valence-corrected chi connectivity index (χ0v) is 8.47. The van der Waals surface area contributed by atoms with Crippen molar-refractivity contribution in [3.8, 4) is 0 Å². The molecule has 1 heterocycles. The van der Waals surface area contributed by atoms with Crippen molar-refractivity contribution in [2.75, 3.05) is 24.1 Å². The number of hydrogen-bond donors (Lipinski definition) is 3. The third-order valence-corrected chi connectivity index (χ3v) is 2.81. The van der Waals surface area contributed by atoms with E-state index in [0.29, 0.717) is 6.54 Å². The molecule has 0 aliphatic heterocycles. The maximum Gasteiger partial charge on any atom is 0.183 e. The second-order valence-electron chi connectivity index (χ2n) is 2.96. The highest BCUT2D eigenvalue weighted by atomic mass is 32.1. The van der Waals surface area contributed by atoms with Crippen molar-refractivity contribution in [1.82, 2.24) is 4.98 Å². The van der Waals surface area contributed by atoms with E-state index in [1.807, 2.05) is 18.2 Å². The normalized spacial score (nSPS) is 10.6. The van der Waals surface area contributed by atoms with Gasteiger partial charge in [-0.15, -0.1) is 0 Å². The summed E-state index contributed by atoms with van der Waals surface area (Å²) >= 11 is 1.59. The second-order valence-corrected chi connectivity index (χ2v) is 3.99. The SMILES string of the molecule is NCCNc1nc2ccc(N)cc2s1. The molecule has 4 nitrogen and oxygen atoms in total. The van der Waals surface area contributed by atoms with E-state index >= 15 is 0 Å². The Hall–Kier alpha value is -1.33. The van der Waals surface area contributed by atoms with Crippen LogP contribution in [0.3, 0.4) is 0 Å². The average molecular weight is 208 g/mol. The van der Waals surface area contributed by atoms with Crippen LogP contribution in [0.1, 0.15) is 0 Å². The fourth-order valence-corrected chi connectivity index (χ4v) is 2.14. The number of nitrogen functional groups attached to an aromatic ring is 1. The van der Waals surface area contributed by atoms with Crippen LogP contribution in [0.15, 0.2) is 18.2 Å². The minimum atomic E-state index is 0.609. The molecule has 0 atom stereocenters. The lowest BCUT2D eigenvalue weighted by molar-refractivity contribution is 1.02. The number of hydrogen-bond acceptors (Lipinski definition) is 5. The average Bonchev–Trinajstić information content (AvgIpc) is 2.56. The van der Waals surface area contributed by atoms with Gasteiger partial charge < -0.3 is 16.8 Å². The Morgan fingerprint density at radius 3 is 3.07 bits per heavy atom. The molecule has 0 saturated heterocycles. The van der Waals surface area contributed by atoms with Crippen LogP contribution in [0, 0.1) is 0 Å². The molecular weight excluding hydrogens is 196 g/mol. The molecular formula is C9H12N4S. The minimum absolute atomic E-state index is 0.609. The Balaban J connectivity index is 2.32. The van der Waals surface area contributed by atoms with Gasteiger partial charge in [-0.25, -0.2) is 4.98 Å². The highest BCUT2D eigenvalue weighted by molar-refractivity contribution is 7.22. The highest BCUT2D eigenvalue weighted by Crippen LogP contribution is 2.27. The summed E-state index contributed by atoms with van der Waals surface area (Å²) in [7, 11) is 0. The predicted molar refractivity (Wildman–Crippen MR) is 61.6 cm³/mol. The zero-order valence-electron chi connectivity index (χ0n) is 7.66. The molecule has 0 unspecified atom stereocenters. The first-order valence-corrected chi connectivity index (χ1v) is 5.21. The lowest BCUT2D eigenvalue weighted by atomic mass is 10.3. The maximum absolute atomic E-state index is 5.67. The van der Waals surface area contributed by atoms with E-state index in [1.165, 1.54) is 0 Å². The van der Waals surface area contributed by atoms with Gasteiger partial charge in [-0.2, -0.15) is 0 Å². The summed E-state index contributed by atoms with van der Waals surface area (Å²) in [6.07, 6.45) is 0. The number of anilines is 2. The summed E-state index contributed by atoms with van der Waals surface area (Å²) < 4.78 is 1.10. The van der Waals surface area contributed by atoms with Crippen molar-refractivity contribution in [2.24, 2.45) is 5.73 Å². The molecule has 0 amide bonds. The first-order chi connectivity index (χ1) is 6.79. The summed E-state index contributed by atoms with van der Waals surface area (Å²) in [5.41, 5.74) is 12.8. The molecule has 0 spiro atoms. The molecule has 0 aliphatic carbocycles. The Labute approximate surface area is 85.9 Å². The standard InChI is InChI=1S/C9H12N4S/c10-3-4-12-9-13-7-2-1-6(11)5-8(7)14-9/h1-2,5H,3-4,10-11H2,(H,12,13). The molecule has 0 fully saturated rings. The van der Waals surface area contributed by atoms with Crippen LogP contribution >= 0.6 is 11.3 Å². The van der Waals surface area contributed by atoms with Crippen LogP contribution in [-0.2, 0) is 0 Å². The first kappa shape index (κ1) is 9.23. The summed E-state index contributed by atoms with van der Waals surface area (Å²) in [4.78, 5) is 4.39. The molecule has 2 rings (SSSR count). The van der Waals surface area contributed by atoms with E-state index in [4.69, 9.17) is 11.5 Å². The van der Waals surface area contributed by atoms with Gasteiger partial charge in [0, 0.05) is 18.8 Å². The number of aromatic nitrogens is 1. The van der Waals surface area contributed by atoms with Crippen molar-refractivity contribution >= 4 is 32.4 Å². The number of fused-ring (bicyclic) bond motifs is 1. The van der Waals surface area contributed by atoms with Gasteiger partial charge in [0.2, 0.25) is 0 Å². The van der Waals surface area contributed by atoms with E-state index in [1.54, 1.807) is 11.3 Å². The third-order valence-electron chi connectivity index (χ3n) is 1.83. The van der Waals surface area contributed by atoms with Crippen molar-refractivity contribution in [3.63, 3.8) is 0 Å². The molecule has 5 N–H and O–H groups in total. The molecule has 14 heavy (non-hydrogen) atoms. The highest BCUT2D eigenvalue weighted by Gasteiger charge is 2.02. The Morgan fingerprint density at radius 1 is 1.43 bits per heavy atom. The first-order valence-electron chi connectivity index (χ1n) is 4.39. The van der Waals surface area contributed by atoms with Crippen molar-refractivity contribution in [1.29, 1.82) is 0 Å². The van der Waals surface area contributed by atoms with E-state index in [-0.39, 0.29) is 0 Å². The minimum Gasteiger partial charge on any atom is -0.399 e. The molecule has 2 aromatic rings. The van der Waals surface area contributed by atoms with Crippen LogP contribution in [-0.4, -0.2) is 18.1 Å². The summed E-state index contributed by atoms with van der Waals surface area (Å²) in [5, 5.41) is 4.04. The Kier molecular flexibility index (Phi) is 2.51. The molecule has 0 radical (unpaired) electrons. The van der Waals surface area contributed by atoms with Gasteiger partial charge in [0.25, 0.3) is 0 Å². The topological polar surface area (TPSA) is 77.0 Å². The van der Waals surface area contributed by atoms with Crippen LogP contribution in [0.5, 0.6) is 0 Å². The molecule has 0 bridgehead atoms. The number of benzene rings is 1. The van der Waals surface area contributed by atoms with E-state index in [9.17, 15) is 0 Å². The molecule has 0 saturated carbocycles.